The number of fused-ring (bicyclic) bond motifs is 1. The molecule has 3 aromatic rings. The van der Waals surface area contributed by atoms with Gasteiger partial charge in [0.1, 0.15) is 17.0 Å². The van der Waals surface area contributed by atoms with E-state index in [9.17, 15) is 4.79 Å². The van der Waals surface area contributed by atoms with Gasteiger partial charge in [-0.25, -0.2) is 5.43 Å². The van der Waals surface area contributed by atoms with Crippen molar-refractivity contribution in [2.45, 2.75) is 13.0 Å². The standard InChI is InChI=1S/C17H15N3O3/c1-12(17(21)20-19-11-14-7-4-10-22-14)23-15-8-2-5-13-6-3-9-18-16(13)15/h2-12H,1H3,(H,20,21). The second-order valence-corrected chi connectivity index (χ2v) is 4.84. The lowest BCUT2D eigenvalue weighted by atomic mass is 10.2. The zero-order valence-corrected chi connectivity index (χ0v) is 12.5. The van der Waals surface area contributed by atoms with Crippen molar-refractivity contribution in [3.05, 3.63) is 60.7 Å². The summed E-state index contributed by atoms with van der Waals surface area (Å²) in [6, 6.07) is 12.8. The van der Waals surface area contributed by atoms with Crippen molar-refractivity contribution in [2.24, 2.45) is 5.10 Å². The fraction of sp³-hybridized carbons (Fsp3) is 0.118. The number of furan rings is 1. The molecule has 1 unspecified atom stereocenters. The predicted octanol–water partition coefficient (Wildman–Crippen LogP) is 2.75. The zero-order chi connectivity index (χ0) is 16.1. The Bertz CT molecular complexity index is 823. The van der Waals surface area contributed by atoms with Crippen LogP contribution in [0.3, 0.4) is 0 Å². The molecule has 2 heterocycles. The summed E-state index contributed by atoms with van der Waals surface area (Å²) in [5.41, 5.74) is 3.13. The fourth-order valence-electron chi connectivity index (χ4n) is 2.03. The first-order chi connectivity index (χ1) is 11.2. The van der Waals surface area contributed by atoms with Gasteiger partial charge in [-0.15, -0.1) is 0 Å². The minimum Gasteiger partial charge on any atom is -0.479 e. The molecule has 116 valence electrons. The normalized spacial score (nSPS) is 12.4. The number of hydrogen-bond acceptors (Lipinski definition) is 5. The molecule has 3 rings (SSSR count). The zero-order valence-electron chi connectivity index (χ0n) is 12.5. The van der Waals surface area contributed by atoms with Crippen molar-refractivity contribution in [1.29, 1.82) is 0 Å². The molecule has 1 atom stereocenters. The second-order valence-electron chi connectivity index (χ2n) is 4.84. The average molecular weight is 309 g/mol. The minimum absolute atomic E-state index is 0.360. The maximum Gasteiger partial charge on any atom is 0.280 e. The highest BCUT2D eigenvalue weighted by molar-refractivity contribution is 5.86. The van der Waals surface area contributed by atoms with E-state index in [4.69, 9.17) is 9.15 Å². The number of hydrazone groups is 1. The van der Waals surface area contributed by atoms with Crippen LogP contribution in [0.15, 0.2) is 64.4 Å². The van der Waals surface area contributed by atoms with Crippen molar-refractivity contribution in [1.82, 2.24) is 10.4 Å². The van der Waals surface area contributed by atoms with Crippen LogP contribution in [0.5, 0.6) is 5.75 Å². The van der Waals surface area contributed by atoms with E-state index < -0.39 is 6.10 Å². The molecular formula is C17H15N3O3. The number of ether oxygens (including phenoxy) is 1. The van der Waals surface area contributed by atoms with Gasteiger partial charge in [0.25, 0.3) is 5.91 Å². The minimum atomic E-state index is -0.712. The number of carbonyl (C=O) groups is 1. The van der Waals surface area contributed by atoms with Gasteiger partial charge in [-0.3, -0.25) is 9.78 Å². The summed E-state index contributed by atoms with van der Waals surface area (Å²) in [7, 11) is 0. The van der Waals surface area contributed by atoms with E-state index in [-0.39, 0.29) is 5.91 Å². The monoisotopic (exact) mass is 309 g/mol. The van der Waals surface area contributed by atoms with Gasteiger partial charge in [0.15, 0.2) is 6.10 Å². The van der Waals surface area contributed by atoms with Gasteiger partial charge in [-0.05, 0) is 31.2 Å². The summed E-state index contributed by atoms with van der Waals surface area (Å²) < 4.78 is 10.8. The quantitative estimate of drug-likeness (QED) is 0.581. The van der Waals surface area contributed by atoms with Crippen LogP contribution in [-0.4, -0.2) is 23.2 Å². The van der Waals surface area contributed by atoms with E-state index in [1.54, 1.807) is 31.3 Å². The molecule has 0 saturated heterocycles. The number of pyridine rings is 1. The largest absolute Gasteiger partial charge is 0.479 e. The van der Waals surface area contributed by atoms with Crippen LogP contribution in [0.25, 0.3) is 10.9 Å². The molecule has 1 aromatic carbocycles. The fourth-order valence-corrected chi connectivity index (χ4v) is 2.03. The Morgan fingerprint density at radius 2 is 2.17 bits per heavy atom. The Morgan fingerprint density at radius 3 is 3.00 bits per heavy atom. The Morgan fingerprint density at radius 1 is 1.30 bits per heavy atom. The first kappa shape index (κ1) is 14.8. The number of amides is 1. The molecule has 0 bridgehead atoms. The Balaban J connectivity index is 1.65. The number of benzene rings is 1. The number of carbonyl (C=O) groups excluding carboxylic acids is 1. The highest BCUT2D eigenvalue weighted by atomic mass is 16.5. The molecule has 23 heavy (non-hydrogen) atoms. The van der Waals surface area contributed by atoms with Crippen molar-refractivity contribution in [3.63, 3.8) is 0 Å². The molecule has 0 fully saturated rings. The summed E-state index contributed by atoms with van der Waals surface area (Å²) in [6.45, 7) is 1.65. The van der Waals surface area contributed by atoms with Crippen molar-refractivity contribution < 1.29 is 13.9 Å². The van der Waals surface area contributed by atoms with Gasteiger partial charge in [-0.2, -0.15) is 5.10 Å². The summed E-state index contributed by atoms with van der Waals surface area (Å²) >= 11 is 0. The van der Waals surface area contributed by atoms with Crippen LogP contribution < -0.4 is 10.2 Å². The summed E-state index contributed by atoms with van der Waals surface area (Å²) in [4.78, 5) is 16.3. The van der Waals surface area contributed by atoms with E-state index in [0.29, 0.717) is 17.0 Å². The first-order valence-electron chi connectivity index (χ1n) is 7.11. The molecule has 0 aliphatic heterocycles. The summed E-state index contributed by atoms with van der Waals surface area (Å²) in [6.07, 6.45) is 3.93. The Hall–Kier alpha value is -3.15. The molecule has 6 heteroatoms. The van der Waals surface area contributed by atoms with Crippen LogP contribution in [0.1, 0.15) is 12.7 Å². The maximum absolute atomic E-state index is 12.0. The predicted molar refractivity (Wildman–Crippen MR) is 86.3 cm³/mol. The molecule has 2 aromatic heterocycles. The van der Waals surface area contributed by atoms with Crippen LogP contribution in [-0.2, 0) is 4.79 Å². The number of rotatable bonds is 5. The average Bonchev–Trinajstić information content (AvgIpc) is 3.08. The van der Waals surface area contributed by atoms with E-state index in [0.717, 1.165) is 5.39 Å². The number of aromatic nitrogens is 1. The van der Waals surface area contributed by atoms with Crippen LogP contribution in [0.4, 0.5) is 0 Å². The molecule has 0 radical (unpaired) electrons. The number of hydrogen-bond donors (Lipinski definition) is 1. The highest BCUT2D eigenvalue weighted by Gasteiger charge is 2.15. The van der Waals surface area contributed by atoms with E-state index in [1.165, 1.54) is 12.5 Å². The number of nitrogens with zero attached hydrogens (tertiary/aromatic N) is 2. The SMILES string of the molecule is CC(Oc1cccc2cccnc12)C(=O)NN=Cc1ccco1. The lowest BCUT2D eigenvalue weighted by Gasteiger charge is -2.14. The van der Waals surface area contributed by atoms with Gasteiger partial charge in [-0.1, -0.05) is 18.2 Å². The van der Waals surface area contributed by atoms with E-state index >= 15 is 0 Å². The molecule has 6 nitrogen and oxygen atoms in total. The molecule has 1 amide bonds. The first-order valence-corrected chi connectivity index (χ1v) is 7.11. The van der Waals surface area contributed by atoms with Crippen molar-refractivity contribution in [2.75, 3.05) is 0 Å². The van der Waals surface area contributed by atoms with Crippen molar-refractivity contribution >= 4 is 23.0 Å². The third kappa shape index (κ3) is 3.55. The molecule has 0 spiro atoms. The van der Waals surface area contributed by atoms with E-state index in [2.05, 4.69) is 15.5 Å². The smallest absolute Gasteiger partial charge is 0.280 e. The summed E-state index contributed by atoms with van der Waals surface area (Å²) in [5.74, 6) is 0.749. The third-order valence-electron chi connectivity index (χ3n) is 3.18. The van der Waals surface area contributed by atoms with Crippen LogP contribution in [0, 0.1) is 0 Å². The molecule has 1 N–H and O–H groups in total. The van der Waals surface area contributed by atoms with Gasteiger partial charge in [0.05, 0.1) is 12.5 Å². The molecular weight excluding hydrogens is 294 g/mol. The second kappa shape index (κ2) is 6.74. The third-order valence-corrected chi connectivity index (χ3v) is 3.18. The van der Waals surface area contributed by atoms with Gasteiger partial charge in [0, 0.05) is 11.6 Å². The van der Waals surface area contributed by atoms with Crippen LogP contribution >= 0.6 is 0 Å². The van der Waals surface area contributed by atoms with E-state index in [1.807, 2.05) is 24.3 Å². The maximum atomic E-state index is 12.0. The Labute approximate surface area is 132 Å². The summed E-state index contributed by atoms with van der Waals surface area (Å²) in [5, 5.41) is 4.78. The molecule has 0 aliphatic carbocycles. The number of nitrogens with one attached hydrogen (secondary N) is 1. The van der Waals surface area contributed by atoms with Gasteiger partial charge in [0.2, 0.25) is 0 Å². The molecule has 0 saturated carbocycles. The lowest BCUT2D eigenvalue weighted by Crippen LogP contribution is -2.33. The highest BCUT2D eigenvalue weighted by Crippen LogP contribution is 2.23. The van der Waals surface area contributed by atoms with Crippen LogP contribution in [0.2, 0.25) is 0 Å². The number of para-hydroxylation sites is 1. The van der Waals surface area contributed by atoms with Gasteiger partial charge < -0.3 is 9.15 Å². The topological polar surface area (TPSA) is 76.7 Å². The molecule has 0 aliphatic rings. The van der Waals surface area contributed by atoms with Gasteiger partial charge >= 0.3 is 0 Å². The Kier molecular flexibility index (Phi) is 4.33. The van der Waals surface area contributed by atoms with Crippen molar-refractivity contribution in [3.8, 4) is 5.75 Å². The lowest BCUT2D eigenvalue weighted by molar-refractivity contribution is -0.127.